The van der Waals surface area contributed by atoms with E-state index < -0.39 is 11.6 Å². The van der Waals surface area contributed by atoms with Crippen LogP contribution in [0.15, 0.2) is 48.8 Å². The molecule has 3 nitrogen and oxygen atoms in total. The van der Waals surface area contributed by atoms with Crippen molar-refractivity contribution in [3.63, 3.8) is 0 Å². The molecule has 2 aromatic carbocycles. The number of hydrogen-bond acceptors (Lipinski definition) is 3. The average Bonchev–Trinajstić information content (AvgIpc) is 3.09. The van der Waals surface area contributed by atoms with Gasteiger partial charge in [-0.25, -0.2) is 13.2 Å². The monoisotopic (exact) mass is 428 g/mol. The van der Waals surface area contributed by atoms with E-state index in [1.807, 2.05) is 36.8 Å². The van der Waals surface area contributed by atoms with Crippen molar-refractivity contribution >= 4 is 18.1 Å². The van der Waals surface area contributed by atoms with Crippen LogP contribution >= 0.6 is 0 Å². The number of halogens is 3. The summed E-state index contributed by atoms with van der Waals surface area (Å²) in [6, 6.07) is 8.84. The summed E-state index contributed by atoms with van der Waals surface area (Å²) in [6.45, 7) is 12.6. The topological polar surface area (TPSA) is 15.7 Å². The number of hydrogen-bond donors (Lipinski definition) is 0. The Hall–Kier alpha value is -2.41. The Morgan fingerprint density at radius 3 is 2.29 bits per heavy atom. The molecular formula is C24H28BF3N2O. The lowest BCUT2D eigenvalue weighted by molar-refractivity contribution is 0.0375. The molecule has 2 saturated heterocycles. The molecule has 164 valence electrons. The van der Waals surface area contributed by atoms with E-state index in [2.05, 4.69) is 20.4 Å². The van der Waals surface area contributed by atoms with E-state index in [4.69, 9.17) is 4.65 Å². The highest BCUT2D eigenvalue weighted by Crippen LogP contribution is 2.45. The van der Waals surface area contributed by atoms with Gasteiger partial charge in [-0.3, -0.25) is 0 Å². The molecule has 1 atom stereocenters. The van der Waals surface area contributed by atoms with Crippen LogP contribution in [0.5, 0.6) is 0 Å². The van der Waals surface area contributed by atoms with Gasteiger partial charge < -0.3 is 14.5 Å². The molecule has 2 aromatic rings. The van der Waals surface area contributed by atoms with Gasteiger partial charge in [0.15, 0.2) is 11.6 Å². The molecule has 1 unspecified atom stereocenters. The number of likely N-dealkylation sites (N-methyl/N-ethyl adjacent to an activating group) is 1. The summed E-state index contributed by atoms with van der Waals surface area (Å²) < 4.78 is 48.4. The lowest BCUT2D eigenvalue weighted by Gasteiger charge is -2.34. The Balaban J connectivity index is 1.58. The van der Waals surface area contributed by atoms with Gasteiger partial charge >= 0.3 is 6.92 Å². The molecule has 0 bridgehead atoms. The summed E-state index contributed by atoms with van der Waals surface area (Å²) in [4.78, 5) is 3.78. The number of nitrogens with zero attached hydrogens (tertiary/aromatic N) is 2. The SMILES string of the molecule is C=C1N(c2ccc(B3CC(C)(C)C(C)(C)O3)c(F)c2)CC(c2ccc(F)c(F)c2)N1C. The van der Waals surface area contributed by atoms with E-state index in [9.17, 15) is 8.78 Å². The van der Waals surface area contributed by atoms with E-state index in [1.54, 1.807) is 12.1 Å². The molecule has 7 heteroatoms. The quantitative estimate of drug-likeness (QED) is 0.633. The summed E-state index contributed by atoms with van der Waals surface area (Å²) in [7, 11) is 1.84. The van der Waals surface area contributed by atoms with Gasteiger partial charge in [0.2, 0.25) is 0 Å². The largest absolute Gasteiger partial charge is 0.425 e. The Kier molecular flexibility index (Phi) is 5.16. The summed E-state index contributed by atoms with van der Waals surface area (Å²) in [6.07, 6.45) is 0.744. The molecule has 0 saturated carbocycles. The summed E-state index contributed by atoms with van der Waals surface area (Å²) in [5, 5.41) is 0. The second-order valence-corrected chi connectivity index (χ2v) is 9.74. The summed E-state index contributed by atoms with van der Waals surface area (Å²) in [5.41, 5.74) is 1.46. The van der Waals surface area contributed by atoms with Gasteiger partial charge in [-0.2, -0.15) is 0 Å². The zero-order valence-electron chi connectivity index (χ0n) is 18.7. The fourth-order valence-corrected chi connectivity index (χ4v) is 4.46. The van der Waals surface area contributed by atoms with E-state index in [-0.39, 0.29) is 29.8 Å². The van der Waals surface area contributed by atoms with Crippen molar-refractivity contribution in [3.8, 4) is 0 Å². The van der Waals surface area contributed by atoms with Gasteiger partial charge in [0.05, 0.1) is 11.6 Å². The molecule has 2 fully saturated rings. The molecule has 0 N–H and O–H groups in total. The Labute approximate surface area is 182 Å². The van der Waals surface area contributed by atoms with Crippen LogP contribution in [0.1, 0.15) is 39.3 Å². The fourth-order valence-electron chi connectivity index (χ4n) is 4.46. The van der Waals surface area contributed by atoms with E-state index in [1.165, 1.54) is 12.1 Å². The van der Waals surface area contributed by atoms with Crippen LogP contribution in [0, 0.1) is 22.9 Å². The maximum atomic E-state index is 15.2. The average molecular weight is 428 g/mol. The van der Waals surface area contributed by atoms with Crippen molar-refractivity contribution < 1.29 is 17.8 Å². The molecule has 0 spiro atoms. The first-order chi connectivity index (χ1) is 14.4. The van der Waals surface area contributed by atoms with E-state index in [0.29, 0.717) is 29.1 Å². The van der Waals surface area contributed by atoms with Crippen molar-refractivity contribution in [2.75, 3.05) is 18.5 Å². The van der Waals surface area contributed by atoms with Gasteiger partial charge in [-0.15, -0.1) is 0 Å². The fraction of sp³-hybridized carbons (Fsp3) is 0.417. The smallest absolute Gasteiger partial charge is 0.330 e. The van der Waals surface area contributed by atoms with Crippen molar-refractivity contribution in [3.05, 3.63) is 71.8 Å². The Bertz CT molecular complexity index is 1020. The van der Waals surface area contributed by atoms with E-state index >= 15 is 4.39 Å². The molecular weight excluding hydrogens is 400 g/mol. The second-order valence-electron chi connectivity index (χ2n) is 9.74. The van der Waals surface area contributed by atoms with E-state index in [0.717, 1.165) is 12.4 Å². The van der Waals surface area contributed by atoms with Crippen molar-refractivity contribution in [2.24, 2.45) is 5.41 Å². The van der Waals surface area contributed by atoms with Crippen LogP contribution in [0.4, 0.5) is 18.9 Å². The van der Waals surface area contributed by atoms with Crippen LogP contribution in [0.3, 0.4) is 0 Å². The molecule has 4 rings (SSSR count). The first-order valence-corrected chi connectivity index (χ1v) is 10.5. The van der Waals surface area contributed by atoms with Crippen LogP contribution in [-0.4, -0.2) is 31.0 Å². The zero-order chi connectivity index (χ0) is 22.7. The Morgan fingerprint density at radius 1 is 1.00 bits per heavy atom. The molecule has 0 amide bonds. The van der Waals surface area contributed by atoms with Crippen LogP contribution in [0.2, 0.25) is 6.32 Å². The van der Waals surface area contributed by atoms with Crippen molar-refractivity contribution in [1.82, 2.24) is 4.90 Å². The molecule has 2 heterocycles. The minimum Gasteiger partial charge on any atom is -0.425 e. The lowest BCUT2D eigenvalue weighted by Crippen LogP contribution is -2.37. The highest BCUT2D eigenvalue weighted by Gasteiger charge is 2.50. The minimum atomic E-state index is -0.882. The number of rotatable bonds is 3. The second kappa shape index (κ2) is 7.33. The maximum absolute atomic E-state index is 15.2. The zero-order valence-corrected chi connectivity index (χ0v) is 18.7. The summed E-state index contributed by atoms with van der Waals surface area (Å²) >= 11 is 0. The first kappa shape index (κ1) is 21.8. The predicted molar refractivity (Wildman–Crippen MR) is 119 cm³/mol. The standard InChI is InChI=1S/C24H28BF3N2O/c1-15-29(6)22(16-7-10-19(26)21(28)11-16)13-30(15)17-8-9-18(20(27)12-17)25-14-23(2,3)24(4,5)31-25/h7-12,22H,1,13-14H2,2-6H3. The van der Waals surface area contributed by atoms with Crippen molar-refractivity contribution in [2.45, 2.75) is 45.7 Å². The van der Waals surface area contributed by atoms with Crippen LogP contribution < -0.4 is 10.4 Å². The first-order valence-electron chi connectivity index (χ1n) is 10.5. The Morgan fingerprint density at radius 2 is 1.71 bits per heavy atom. The van der Waals surface area contributed by atoms with Gasteiger partial charge in [0, 0.05) is 19.3 Å². The third-order valence-electron chi connectivity index (χ3n) is 7.28. The highest BCUT2D eigenvalue weighted by molar-refractivity contribution is 6.68. The molecule has 0 aromatic heterocycles. The third kappa shape index (κ3) is 3.63. The number of anilines is 1. The van der Waals surface area contributed by atoms with Gasteiger partial charge in [-0.1, -0.05) is 32.6 Å². The van der Waals surface area contributed by atoms with Crippen LogP contribution in [0.25, 0.3) is 0 Å². The highest BCUT2D eigenvalue weighted by atomic mass is 19.2. The molecule has 2 aliphatic rings. The maximum Gasteiger partial charge on any atom is 0.330 e. The van der Waals surface area contributed by atoms with Gasteiger partial charge in [0.1, 0.15) is 11.6 Å². The van der Waals surface area contributed by atoms with Gasteiger partial charge in [-0.05, 0) is 60.9 Å². The third-order valence-corrected chi connectivity index (χ3v) is 7.28. The minimum absolute atomic E-state index is 0.0631. The summed E-state index contributed by atoms with van der Waals surface area (Å²) in [5.74, 6) is -1.41. The van der Waals surface area contributed by atoms with Crippen molar-refractivity contribution in [1.29, 1.82) is 0 Å². The molecule has 0 radical (unpaired) electrons. The number of benzene rings is 2. The lowest BCUT2D eigenvalue weighted by atomic mass is 9.54. The van der Waals surface area contributed by atoms with Gasteiger partial charge in [0.25, 0.3) is 0 Å². The molecule has 0 aliphatic carbocycles. The van der Waals surface area contributed by atoms with Crippen LogP contribution in [-0.2, 0) is 4.65 Å². The molecule has 2 aliphatic heterocycles. The predicted octanol–water partition coefficient (Wildman–Crippen LogP) is 5.10. The molecule has 31 heavy (non-hydrogen) atoms. The normalized spacial score (nSPS) is 22.5.